The number of carbonyl (C=O) groups is 1. The van der Waals surface area contributed by atoms with Crippen LogP contribution in [0.5, 0.6) is 5.75 Å². The summed E-state index contributed by atoms with van der Waals surface area (Å²) in [4.78, 5) is 11.6. The molecule has 1 rings (SSSR count). The van der Waals surface area contributed by atoms with E-state index in [4.69, 9.17) is 10.8 Å². The molecular formula is C11H16N2O2S. The molecule has 0 fully saturated rings. The maximum absolute atomic E-state index is 11.6. The van der Waals surface area contributed by atoms with E-state index in [2.05, 4.69) is 5.32 Å². The fourth-order valence-electron chi connectivity index (χ4n) is 1.16. The largest absolute Gasteiger partial charge is 0.508 e. The van der Waals surface area contributed by atoms with Gasteiger partial charge in [-0.25, -0.2) is 0 Å². The lowest BCUT2D eigenvalue weighted by atomic mass is 10.2. The Kier molecular flexibility index (Phi) is 5.14. The molecule has 0 aliphatic rings. The van der Waals surface area contributed by atoms with Crippen LogP contribution in [0.25, 0.3) is 0 Å². The summed E-state index contributed by atoms with van der Waals surface area (Å²) in [7, 11) is 0. The number of phenols is 1. The topological polar surface area (TPSA) is 75.4 Å². The molecule has 4 N–H and O–H groups in total. The molecule has 1 atom stereocenters. The summed E-state index contributed by atoms with van der Waals surface area (Å²) in [5.41, 5.74) is 6.35. The zero-order valence-corrected chi connectivity index (χ0v) is 9.96. The van der Waals surface area contributed by atoms with Gasteiger partial charge in [-0.15, -0.1) is 0 Å². The van der Waals surface area contributed by atoms with Crippen molar-refractivity contribution in [2.24, 2.45) is 5.73 Å². The van der Waals surface area contributed by atoms with Crippen molar-refractivity contribution in [2.45, 2.75) is 12.5 Å². The molecule has 5 heteroatoms. The number of aromatic hydroxyl groups is 1. The van der Waals surface area contributed by atoms with Gasteiger partial charge in [0.1, 0.15) is 5.75 Å². The summed E-state index contributed by atoms with van der Waals surface area (Å²) in [6.07, 6.45) is 2.63. The third-order valence-corrected chi connectivity index (χ3v) is 2.75. The van der Waals surface area contributed by atoms with E-state index in [0.717, 1.165) is 5.75 Å². The average Bonchev–Trinajstić information content (AvgIpc) is 2.29. The summed E-state index contributed by atoms with van der Waals surface area (Å²) in [5.74, 6) is 0.842. The second-order valence-electron chi connectivity index (χ2n) is 3.42. The molecule has 1 aromatic rings. The Labute approximate surface area is 99.2 Å². The first-order valence-corrected chi connectivity index (χ1v) is 6.37. The fourth-order valence-corrected chi connectivity index (χ4v) is 1.65. The van der Waals surface area contributed by atoms with Gasteiger partial charge in [0.25, 0.3) is 0 Å². The van der Waals surface area contributed by atoms with Crippen molar-refractivity contribution in [3.8, 4) is 5.75 Å². The molecule has 0 aliphatic carbocycles. The van der Waals surface area contributed by atoms with Crippen LogP contribution in [0.2, 0.25) is 0 Å². The lowest BCUT2D eigenvalue weighted by Gasteiger charge is -2.11. The third-order valence-electron chi connectivity index (χ3n) is 2.10. The van der Waals surface area contributed by atoms with Crippen LogP contribution in [0, 0.1) is 0 Å². The maximum atomic E-state index is 11.6. The van der Waals surface area contributed by atoms with Crippen LogP contribution in [0.15, 0.2) is 24.3 Å². The van der Waals surface area contributed by atoms with E-state index in [9.17, 15) is 4.79 Å². The summed E-state index contributed by atoms with van der Waals surface area (Å²) < 4.78 is 0. The number of anilines is 1. The molecule has 1 amide bonds. The monoisotopic (exact) mass is 240 g/mol. The van der Waals surface area contributed by atoms with Crippen LogP contribution in [-0.2, 0) is 4.79 Å². The predicted octanol–water partition coefficient (Wildman–Crippen LogP) is 1.41. The molecule has 0 heterocycles. The summed E-state index contributed by atoms with van der Waals surface area (Å²) in [6.45, 7) is 0. The third kappa shape index (κ3) is 4.12. The summed E-state index contributed by atoms with van der Waals surface area (Å²) in [6, 6.07) is 5.82. The van der Waals surface area contributed by atoms with Gasteiger partial charge >= 0.3 is 0 Å². The standard InChI is InChI=1S/C11H16N2O2S/c1-16-7-6-10(12)11(15)13-8-2-4-9(14)5-3-8/h2-5,10,14H,6-7,12H2,1H3,(H,13,15)/t10-/m0/s1. The second-order valence-corrected chi connectivity index (χ2v) is 4.41. The van der Waals surface area contributed by atoms with Crippen molar-refractivity contribution in [3.05, 3.63) is 24.3 Å². The van der Waals surface area contributed by atoms with E-state index in [-0.39, 0.29) is 11.7 Å². The van der Waals surface area contributed by atoms with Gasteiger partial charge in [-0.1, -0.05) is 0 Å². The lowest BCUT2D eigenvalue weighted by Crippen LogP contribution is -2.36. The molecule has 0 aliphatic heterocycles. The molecule has 16 heavy (non-hydrogen) atoms. The summed E-state index contributed by atoms with van der Waals surface area (Å²) >= 11 is 1.66. The molecule has 0 unspecified atom stereocenters. The number of benzene rings is 1. The van der Waals surface area contributed by atoms with Gasteiger partial charge in [-0.2, -0.15) is 11.8 Å². The Balaban J connectivity index is 2.47. The first-order chi connectivity index (χ1) is 7.63. The minimum Gasteiger partial charge on any atom is -0.508 e. The fraction of sp³-hybridized carbons (Fsp3) is 0.364. The van der Waals surface area contributed by atoms with Crippen LogP contribution in [-0.4, -0.2) is 29.1 Å². The van der Waals surface area contributed by atoms with Crippen molar-refractivity contribution in [2.75, 3.05) is 17.3 Å². The van der Waals surface area contributed by atoms with Gasteiger partial charge in [-0.05, 0) is 42.7 Å². The summed E-state index contributed by atoms with van der Waals surface area (Å²) in [5, 5.41) is 11.8. The van der Waals surface area contributed by atoms with Crippen molar-refractivity contribution in [1.82, 2.24) is 0 Å². The SMILES string of the molecule is CSCC[C@H](N)C(=O)Nc1ccc(O)cc1. The normalized spacial score (nSPS) is 12.1. The molecule has 0 saturated carbocycles. The molecule has 0 spiro atoms. The molecular weight excluding hydrogens is 224 g/mol. The maximum Gasteiger partial charge on any atom is 0.241 e. The van der Waals surface area contributed by atoms with Crippen LogP contribution >= 0.6 is 11.8 Å². The number of hydrogen-bond donors (Lipinski definition) is 3. The Morgan fingerprint density at radius 3 is 2.69 bits per heavy atom. The van der Waals surface area contributed by atoms with E-state index < -0.39 is 6.04 Å². The van der Waals surface area contributed by atoms with E-state index in [0.29, 0.717) is 12.1 Å². The number of hydrogen-bond acceptors (Lipinski definition) is 4. The highest BCUT2D eigenvalue weighted by atomic mass is 32.2. The first-order valence-electron chi connectivity index (χ1n) is 4.98. The van der Waals surface area contributed by atoms with Crippen LogP contribution in [0.3, 0.4) is 0 Å². The lowest BCUT2D eigenvalue weighted by molar-refractivity contribution is -0.117. The number of nitrogens with two attached hydrogens (primary N) is 1. The zero-order chi connectivity index (χ0) is 12.0. The Morgan fingerprint density at radius 1 is 1.50 bits per heavy atom. The minimum atomic E-state index is -0.485. The first kappa shape index (κ1) is 12.9. The zero-order valence-electron chi connectivity index (χ0n) is 9.14. The highest BCUT2D eigenvalue weighted by Crippen LogP contribution is 2.14. The number of nitrogens with one attached hydrogen (secondary N) is 1. The van der Waals surface area contributed by atoms with Crippen molar-refractivity contribution in [1.29, 1.82) is 0 Å². The second kappa shape index (κ2) is 6.40. The smallest absolute Gasteiger partial charge is 0.241 e. The number of amides is 1. The minimum absolute atomic E-state index is 0.171. The van der Waals surface area contributed by atoms with Gasteiger partial charge in [-0.3, -0.25) is 4.79 Å². The number of carbonyl (C=O) groups excluding carboxylic acids is 1. The van der Waals surface area contributed by atoms with Gasteiger partial charge in [0, 0.05) is 5.69 Å². The molecule has 0 saturated heterocycles. The Morgan fingerprint density at radius 2 is 2.12 bits per heavy atom. The van der Waals surface area contributed by atoms with Gasteiger partial charge in [0.15, 0.2) is 0 Å². The van der Waals surface area contributed by atoms with Crippen LogP contribution in [0.1, 0.15) is 6.42 Å². The molecule has 1 aromatic carbocycles. The molecule has 0 bridgehead atoms. The van der Waals surface area contributed by atoms with E-state index in [1.807, 2.05) is 6.26 Å². The molecule has 4 nitrogen and oxygen atoms in total. The van der Waals surface area contributed by atoms with Crippen molar-refractivity contribution < 1.29 is 9.90 Å². The highest BCUT2D eigenvalue weighted by Gasteiger charge is 2.12. The van der Waals surface area contributed by atoms with E-state index in [1.165, 1.54) is 12.1 Å². The predicted molar refractivity (Wildman–Crippen MR) is 67.7 cm³/mol. The van der Waals surface area contributed by atoms with Crippen LogP contribution in [0.4, 0.5) is 5.69 Å². The van der Waals surface area contributed by atoms with Crippen molar-refractivity contribution >= 4 is 23.4 Å². The van der Waals surface area contributed by atoms with Gasteiger partial charge in [0.05, 0.1) is 6.04 Å². The van der Waals surface area contributed by atoms with Crippen molar-refractivity contribution in [3.63, 3.8) is 0 Å². The number of thioether (sulfide) groups is 1. The van der Waals surface area contributed by atoms with E-state index >= 15 is 0 Å². The highest BCUT2D eigenvalue weighted by molar-refractivity contribution is 7.98. The van der Waals surface area contributed by atoms with Crippen LogP contribution < -0.4 is 11.1 Å². The average molecular weight is 240 g/mol. The molecule has 88 valence electrons. The molecule has 0 aromatic heterocycles. The van der Waals surface area contributed by atoms with Gasteiger partial charge < -0.3 is 16.2 Å². The molecule has 0 radical (unpaired) electrons. The Hall–Kier alpha value is -1.20. The number of rotatable bonds is 5. The number of phenolic OH excluding ortho intramolecular Hbond substituents is 1. The van der Waals surface area contributed by atoms with Gasteiger partial charge in [0.2, 0.25) is 5.91 Å². The quantitative estimate of drug-likeness (QED) is 0.680. The Bertz CT molecular complexity index is 340. The van der Waals surface area contributed by atoms with E-state index in [1.54, 1.807) is 23.9 Å².